The van der Waals surface area contributed by atoms with E-state index in [0.29, 0.717) is 11.5 Å². The molecule has 2 rings (SSSR count). The van der Waals surface area contributed by atoms with Crippen LogP contribution in [0.25, 0.3) is 0 Å². The molecule has 1 aliphatic heterocycles. The van der Waals surface area contributed by atoms with Gasteiger partial charge in [-0.15, -0.1) is 0 Å². The summed E-state index contributed by atoms with van der Waals surface area (Å²) >= 11 is 0. The third-order valence-corrected chi connectivity index (χ3v) is 3.55. The fourth-order valence-corrected chi connectivity index (χ4v) is 2.38. The summed E-state index contributed by atoms with van der Waals surface area (Å²) in [7, 11) is 2.07. The number of carbonyl (C=O) groups is 1. The summed E-state index contributed by atoms with van der Waals surface area (Å²) in [6, 6.07) is 1.96. The Morgan fingerprint density at radius 2 is 2.20 bits per heavy atom. The van der Waals surface area contributed by atoms with Gasteiger partial charge in [-0.3, -0.25) is 4.79 Å². The summed E-state index contributed by atoms with van der Waals surface area (Å²) in [5.74, 6) is 0.690. The zero-order chi connectivity index (χ0) is 14.8. The third kappa shape index (κ3) is 2.90. The molecule has 1 aromatic heterocycles. The number of hydrogen-bond acceptors (Lipinski definition) is 5. The maximum absolute atomic E-state index is 12.6. The van der Waals surface area contributed by atoms with E-state index in [-0.39, 0.29) is 11.8 Å². The maximum Gasteiger partial charge on any atom is 0.247 e. The smallest absolute Gasteiger partial charge is 0.247 e. The summed E-state index contributed by atoms with van der Waals surface area (Å²) in [6.45, 7) is 4.45. The van der Waals surface area contributed by atoms with Crippen LogP contribution in [0.4, 0.5) is 5.95 Å². The summed E-state index contributed by atoms with van der Waals surface area (Å²) in [5, 5.41) is 11.8. The fraction of sp³-hybridized carbons (Fsp3) is 0.538. The van der Waals surface area contributed by atoms with E-state index in [0.717, 1.165) is 19.4 Å². The van der Waals surface area contributed by atoms with Crippen molar-refractivity contribution in [2.45, 2.75) is 38.2 Å². The van der Waals surface area contributed by atoms with E-state index >= 15 is 0 Å². The molecule has 0 bridgehead atoms. The highest BCUT2D eigenvalue weighted by molar-refractivity contribution is 6.13. The molecule has 1 N–H and O–H groups in total. The fourth-order valence-electron chi connectivity index (χ4n) is 2.38. The lowest BCUT2D eigenvalue weighted by atomic mass is 9.92. The minimum Gasteiger partial charge on any atom is -0.346 e. The molecule has 0 radical (unpaired) electrons. The van der Waals surface area contributed by atoms with E-state index in [4.69, 9.17) is 5.26 Å². The predicted octanol–water partition coefficient (Wildman–Crippen LogP) is 0.120. The minimum absolute atomic E-state index is 0.0514. The Labute approximate surface area is 119 Å². The Kier molecular flexibility index (Phi) is 3.93. The molecule has 0 spiro atoms. The number of amides is 1. The van der Waals surface area contributed by atoms with Gasteiger partial charge in [0, 0.05) is 6.54 Å². The summed E-state index contributed by atoms with van der Waals surface area (Å²) < 4.78 is 0. The van der Waals surface area contributed by atoms with E-state index in [2.05, 4.69) is 23.1 Å². The van der Waals surface area contributed by atoms with Gasteiger partial charge in [0.1, 0.15) is 19.5 Å². The van der Waals surface area contributed by atoms with E-state index in [1.165, 1.54) is 12.4 Å². The van der Waals surface area contributed by atoms with Crippen LogP contribution in [-0.2, 0) is 4.79 Å². The van der Waals surface area contributed by atoms with Crippen LogP contribution in [0.5, 0.6) is 0 Å². The second-order valence-corrected chi connectivity index (χ2v) is 5.65. The molecule has 0 saturated carbocycles. The summed E-state index contributed by atoms with van der Waals surface area (Å²) in [5.41, 5.74) is -0.375. The zero-order valence-corrected chi connectivity index (χ0v) is 12.1. The van der Waals surface area contributed by atoms with Crippen LogP contribution in [-0.4, -0.2) is 46.6 Å². The molecule has 1 saturated heterocycles. The topological polar surface area (TPSA) is 81.9 Å². The average molecular weight is 271 g/mol. The van der Waals surface area contributed by atoms with E-state index in [1.807, 2.05) is 24.8 Å². The lowest BCUT2D eigenvalue weighted by molar-refractivity contribution is -0.134. The van der Waals surface area contributed by atoms with Gasteiger partial charge in [-0.1, -0.05) is 0 Å². The first-order chi connectivity index (χ1) is 9.44. The first-order valence-electron chi connectivity index (χ1n) is 6.75. The van der Waals surface area contributed by atoms with Crippen molar-refractivity contribution in [3.63, 3.8) is 0 Å². The number of hydrogen-bond donors (Lipinski definition) is 1. The highest BCUT2D eigenvalue weighted by Crippen LogP contribution is 2.21. The van der Waals surface area contributed by atoms with Gasteiger partial charge in [0.15, 0.2) is 0 Å². The van der Waals surface area contributed by atoms with Crippen LogP contribution >= 0.6 is 0 Å². The Hall–Kier alpha value is -2.10. The normalized spacial score (nSPS) is 18.6. The maximum atomic E-state index is 12.6. The molecule has 7 heteroatoms. The zero-order valence-electron chi connectivity index (χ0n) is 12.1. The Bertz CT molecular complexity index is 537. The SMILES string of the molecule is B[C@H]1CCCN1C(=O)C(C)(C)Nc1ncc(C#N)cn1. The van der Waals surface area contributed by atoms with E-state index in [1.54, 1.807) is 0 Å². The molecular weight excluding hydrogens is 253 g/mol. The molecule has 1 aliphatic rings. The number of carbonyl (C=O) groups excluding carboxylic acids is 1. The second-order valence-electron chi connectivity index (χ2n) is 5.65. The predicted molar refractivity (Wildman–Crippen MR) is 77.7 cm³/mol. The lowest BCUT2D eigenvalue weighted by Gasteiger charge is -2.32. The van der Waals surface area contributed by atoms with Crippen molar-refractivity contribution in [3.05, 3.63) is 18.0 Å². The summed E-state index contributed by atoms with van der Waals surface area (Å²) in [4.78, 5) is 22.6. The van der Waals surface area contributed by atoms with Crippen LogP contribution < -0.4 is 5.32 Å². The van der Waals surface area contributed by atoms with Gasteiger partial charge in [-0.05, 0) is 32.6 Å². The molecule has 20 heavy (non-hydrogen) atoms. The standard InChI is InChI=1S/C13H18BN5O/c1-13(2,11(20)19-5-3-4-10(19)14)18-12-16-7-9(6-15)8-17-12/h7-8,10H,3-5,14H2,1-2H3,(H,16,17,18)/t10-/m1/s1. The monoisotopic (exact) mass is 271 g/mol. The van der Waals surface area contributed by atoms with Crippen molar-refractivity contribution in [2.75, 3.05) is 11.9 Å². The first-order valence-corrected chi connectivity index (χ1v) is 6.75. The van der Waals surface area contributed by atoms with Crippen molar-refractivity contribution >= 4 is 19.7 Å². The van der Waals surface area contributed by atoms with Gasteiger partial charge in [0.25, 0.3) is 0 Å². The Balaban J connectivity index is 2.09. The number of nitriles is 1. The molecule has 0 aliphatic carbocycles. The van der Waals surface area contributed by atoms with E-state index in [9.17, 15) is 4.79 Å². The highest BCUT2D eigenvalue weighted by Gasteiger charge is 2.36. The largest absolute Gasteiger partial charge is 0.346 e. The van der Waals surface area contributed by atoms with Crippen LogP contribution in [0.2, 0.25) is 0 Å². The van der Waals surface area contributed by atoms with Crippen molar-refractivity contribution in [3.8, 4) is 6.07 Å². The molecular formula is C13H18BN5O. The van der Waals surface area contributed by atoms with Gasteiger partial charge in [0.2, 0.25) is 11.9 Å². The first kappa shape index (κ1) is 14.3. The number of aromatic nitrogens is 2. The van der Waals surface area contributed by atoms with Crippen LogP contribution in [0.3, 0.4) is 0 Å². The van der Waals surface area contributed by atoms with Gasteiger partial charge in [-0.25, -0.2) is 9.97 Å². The molecule has 2 heterocycles. The van der Waals surface area contributed by atoms with Crippen molar-refractivity contribution in [2.24, 2.45) is 0 Å². The van der Waals surface area contributed by atoms with Gasteiger partial charge in [0.05, 0.1) is 18.0 Å². The van der Waals surface area contributed by atoms with Crippen molar-refractivity contribution in [1.29, 1.82) is 5.26 Å². The van der Waals surface area contributed by atoms with Gasteiger partial charge < -0.3 is 10.2 Å². The number of nitrogens with zero attached hydrogens (tertiary/aromatic N) is 4. The van der Waals surface area contributed by atoms with Crippen molar-refractivity contribution < 1.29 is 4.79 Å². The Morgan fingerprint density at radius 1 is 1.55 bits per heavy atom. The molecule has 1 aromatic rings. The molecule has 104 valence electrons. The number of likely N-dealkylation sites (tertiary alicyclic amines) is 1. The van der Waals surface area contributed by atoms with E-state index < -0.39 is 5.54 Å². The lowest BCUT2D eigenvalue weighted by Crippen LogP contribution is -2.52. The Morgan fingerprint density at radius 3 is 2.70 bits per heavy atom. The number of anilines is 1. The third-order valence-electron chi connectivity index (χ3n) is 3.55. The molecule has 1 atom stereocenters. The van der Waals surface area contributed by atoms with Gasteiger partial charge in [-0.2, -0.15) is 5.26 Å². The quantitative estimate of drug-likeness (QED) is 0.790. The molecule has 6 nitrogen and oxygen atoms in total. The highest BCUT2D eigenvalue weighted by atomic mass is 16.2. The van der Waals surface area contributed by atoms with Crippen LogP contribution in [0, 0.1) is 11.3 Å². The molecule has 1 fully saturated rings. The van der Waals surface area contributed by atoms with Gasteiger partial charge >= 0.3 is 0 Å². The van der Waals surface area contributed by atoms with Crippen LogP contribution in [0.1, 0.15) is 32.3 Å². The number of rotatable bonds is 3. The molecule has 1 amide bonds. The van der Waals surface area contributed by atoms with Crippen LogP contribution in [0.15, 0.2) is 12.4 Å². The summed E-state index contributed by atoms with van der Waals surface area (Å²) in [6.07, 6.45) is 4.98. The molecule has 0 unspecified atom stereocenters. The average Bonchev–Trinajstić information content (AvgIpc) is 2.84. The molecule has 0 aromatic carbocycles. The minimum atomic E-state index is -0.771. The second kappa shape index (κ2) is 5.49. The van der Waals surface area contributed by atoms with Crippen molar-refractivity contribution in [1.82, 2.24) is 14.9 Å². The number of nitrogens with one attached hydrogen (secondary N) is 1.